The number of sulfonamides is 1. The van der Waals surface area contributed by atoms with E-state index in [0.29, 0.717) is 0 Å². The van der Waals surface area contributed by atoms with E-state index in [-0.39, 0.29) is 11.7 Å². The average Bonchev–Trinajstić information content (AvgIpc) is 2.68. The second-order valence-electron chi connectivity index (χ2n) is 7.65. The molecule has 1 N–H and O–H groups in total. The molecule has 0 aliphatic heterocycles. The molecule has 5 nitrogen and oxygen atoms in total. The normalized spacial score (nSPS) is 15.9. The fourth-order valence-electron chi connectivity index (χ4n) is 3.85. The van der Waals surface area contributed by atoms with Gasteiger partial charge in [0.1, 0.15) is 11.9 Å². The number of halogens is 1. The Morgan fingerprint density at radius 1 is 1.07 bits per heavy atom. The SMILES string of the molecule is CC(NC(=O)C(C)N(c1ccccc1F)S(C)(=O)=O)c1ccc2c(c1)CCCC2. The highest BCUT2D eigenvalue weighted by Crippen LogP contribution is 2.26. The van der Waals surface area contributed by atoms with Crippen LogP contribution in [-0.4, -0.2) is 26.6 Å². The lowest BCUT2D eigenvalue weighted by molar-refractivity contribution is -0.122. The Labute approximate surface area is 172 Å². The summed E-state index contributed by atoms with van der Waals surface area (Å²) in [5.41, 5.74) is 3.50. The monoisotopic (exact) mass is 418 g/mol. The molecule has 0 saturated carbocycles. The minimum absolute atomic E-state index is 0.140. The third-order valence-electron chi connectivity index (χ3n) is 5.41. The van der Waals surface area contributed by atoms with Crippen molar-refractivity contribution in [3.63, 3.8) is 0 Å². The standard InChI is InChI=1S/C22H27FN2O3S/c1-15(18-13-12-17-8-4-5-9-19(17)14-18)24-22(26)16(2)25(29(3,27)28)21-11-7-6-10-20(21)23/h6-7,10-16H,4-5,8-9H2,1-3H3,(H,24,26). The zero-order valence-corrected chi connectivity index (χ0v) is 17.8. The number of amides is 1. The molecule has 0 heterocycles. The third-order valence-corrected chi connectivity index (χ3v) is 6.64. The summed E-state index contributed by atoms with van der Waals surface area (Å²) in [6.07, 6.45) is 5.46. The molecular formula is C22H27FN2O3S. The molecule has 0 spiro atoms. The van der Waals surface area contributed by atoms with Gasteiger partial charge in [0.25, 0.3) is 0 Å². The number of carbonyl (C=O) groups is 1. The highest BCUT2D eigenvalue weighted by molar-refractivity contribution is 7.92. The number of benzene rings is 2. The maximum atomic E-state index is 14.2. The van der Waals surface area contributed by atoms with Gasteiger partial charge in [-0.2, -0.15) is 0 Å². The van der Waals surface area contributed by atoms with Crippen LogP contribution in [0.2, 0.25) is 0 Å². The molecule has 2 aromatic rings. The average molecular weight is 419 g/mol. The molecule has 0 bridgehead atoms. The van der Waals surface area contributed by atoms with Gasteiger partial charge in [0.2, 0.25) is 15.9 Å². The summed E-state index contributed by atoms with van der Waals surface area (Å²) in [4.78, 5) is 12.8. The Kier molecular flexibility index (Phi) is 6.27. The lowest BCUT2D eigenvalue weighted by Gasteiger charge is -2.29. The predicted molar refractivity (Wildman–Crippen MR) is 113 cm³/mol. The molecule has 2 unspecified atom stereocenters. The van der Waals surface area contributed by atoms with E-state index >= 15 is 0 Å². The van der Waals surface area contributed by atoms with Crippen LogP contribution in [-0.2, 0) is 27.7 Å². The Hall–Kier alpha value is -2.41. The second kappa shape index (κ2) is 8.53. The van der Waals surface area contributed by atoms with Crippen LogP contribution in [0.4, 0.5) is 10.1 Å². The van der Waals surface area contributed by atoms with E-state index in [2.05, 4.69) is 17.4 Å². The van der Waals surface area contributed by atoms with Gasteiger partial charge in [-0.05, 0) is 68.4 Å². The van der Waals surface area contributed by atoms with Crippen molar-refractivity contribution in [1.82, 2.24) is 5.32 Å². The Bertz CT molecular complexity index is 1010. The van der Waals surface area contributed by atoms with Gasteiger partial charge in [-0.25, -0.2) is 12.8 Å². The molecule has 1 aliphatic rings. The molecule has 2 aromatic carbocycles. The van der Waals surface area contributed by atoms with Gasteiger partial charge in [-0.1, -0.05) is 30.3 Å². The first-order chi connectivity index (χ1) is 13.7. The van der Waals surface area contributed by atoms with E-state index in [9.17, 15) is 17.6 Å². The summed E-state index contributed by atoms with van der Waals surface area (Å²) < 4.78 is 39.7. The first-order valence-corrected chi connectivity index (χ1v) is 11.7. The Morgan fingerprint density at radius 2 is 1.72 bits per heavy atom. The lowest BCUT2D eigenvalue weighted by atomic mass is 9.89. The smallest absolute Gasteiger partial charge is 0.244 e. The molecule has 156 valence electrons. The van der Waals surface area contributed by atoms with E-state index < -0.39 is 27.8 Å². The van der Waals surface area contributed by atoms with Crippen molar-refractivity contribution in [2.45, 2.75) is 51.6 Å². The highest BCUT2D eigenvalue weighted by Gasteiger charge is 2.31. The molecule has 1 amide bonds. The number of hydrogen-bond acceptors (Lipinski definition) is 3. The van der Waals surface area contributed by atoms with Crippen molar-refractivity contribution < 1.29 is 17.6 Å². The fraction of sp³-hybridized carbons (Fsp3) is 0.409. The third kappa shape index (κ3) is 4.78. The number of fused-ring (bicyclic) bond motifs is 1. The zero-order chi connectivity index (χ0) is 21.2. The van der Waals surface area contributed by atoms with Crippen molar-refractivity contribution in [2.24, 2.45) is 0 Å². The quantitative estimate of drug-likeness (QED) is 0.777. The largest absolute Gasteiger partial charge is 0.348 e. The van der Waals surface area contributed by atoms with Gasteiger partial charge < -0.3 is 5.32 Å². The van der Waals surface area contributed by atoms with E-state index in [0.717, 1.165) is 29.0 Å². The predicted octanol–water partition coefficient (Wildman–Crippen LogP) is 3.74. The van der Waals surface area contributed by atoms with E-state index in [1.807, 2.05) is 13.0 Å². The molecule has 0 fully saturated rings. The number of carbonyl (C=O) groups excluding carboxylic acids is 1. The van der Waals surface area contributed by atoms with Crippen molar-refractivity contribution in [1.29, 1.82) is 0 Å². The second-order valence-corrected chi connectivity index (χ2v) is 9.51. The number of para-hydroxylation sites is 1. The Morgan fingerprint density at radius 3 is 2.38 bits per heavy atom. The molecule has 0 radical (unpaired) electrons. The van der Waals surface area contributed by atoms with E-state index in [1.54, 1.807) is 0 Å². The summed E-state index contributed by atoms with van der Waals surface area (Å²) in [6, 6.07) is 10.4. The number of anilines is 1. The number of nitrogens with one attached hydrogen (secondary N) is 1. The maximum absolute atomic E-state index is 14.2. The van der Waals surface area contributed by atoms with Gasteiger partial charge >= 0.3 is 0 Å². The molecule has 1 aliphatic carbocycles. The van der Waals surface area contributed by atoms with Crippen LogP contribution in [0.15, 0.2) is 42.5 Å². The van der Waals surface area contributed by atoms with Gasteiger partial charge in [0.15, 0.2) is 0 Å². The molecular weight excluding hydrogens is 391 g/mol. The summed E-state index contributed by atoms with van der Waals surface area (Å²) >= 11 is 0. The van der Waals surface area contributed by atoms with Crippen LogP contribution >= 0.6 is 0 Å². The Balaban J connectivity index is 1.80. The van der Waals surface area contributed by atoms with Crippen LogP contribution in [0, 0.1) is 5.82 Å². The fourth-order valence-corrected chi connectivity index (χ4v) is 5.03. The highest BCUT2D eigenvalue weighted by atomic mass is 32.2. The van der Waals surface area contributed by atoms with Crippen molar-refractivity contribution >= 4 is 21.6 Å². The van der Waals surface area contributed by atoms with Gasteiger partial charge in [-0.15, -0.1) is 0 Å². The van der Waals surface area contributed by atoms with Gasteiger partial charge in [-0.3, -0.25) is 9.10 Å². The van der Waals surface area contributed by atoms with Crippen LogP contribution < -0.4 is 9.62 Å². The van der Waals surface area contributed by atoms with Crippen molar-refractivity contribution in [2.75, 3.05) is 10.6 Å². The summed E-state index contributed by atoms with van der Waals surface area (Å²) in [6.45, 7) is 3.32. The molecule has 7 heteroatoms. The maximum Gasteiger partial charge on any atom is 0.244 e. The molecule has 2 atom stereocenters. The molecule has 29 heavy (non-hydrogen) atoms. The number of hydrogen-bond donors (Lipinski definition) is 1. The number of aryl methyl sites for hydroxylation is 2. The minimum Gasteiger partial charge on any atom is -0.348 e. The lowest BCUT2D eigenvalue weighted by Crippen LogP contribution is -2.48. The zero-order valence-electron chi connectivity index (χ0n) is 17.0. The summed E-state index contributed by atoms with van der Waals surface area (Å²) in [7, 11) is -3.86. The van der Waals surface area contributed by atoms with Crippen molar-refractivity contribution in [3.05, 3.63) is 65.0 Å². The molecule has 0 aromatic heterocycles. The first-order valence-electron chi connectivity index (χ1n) is 9.84. The van der Waals surface area contributed by atoms with Crippen molar-refractivity contribution in [3.8, 4) is 0 Å². The topological polar surface area (TPSA) is 66.5 Å². The van der Waals surface area contributed by atoms with E-state index in [1.165, 1.54) is 55.2 Å². The number of nitrogens with zero attached hydrogens (tertiary/aromatic N) is 1. The first kappa shape index (κ1) is 21.3. The van der Waals surface area contributed by atoms with E-state index in [4.69, 9.17) is 0 Å². The van der Waals surface area contributed by atoms with Crippen LogP contribution in [0.5, 0.6) is 0 Å². The van der Waals surface area contributed by atoms with Crippen LogP contribution in [0.25, 0.3) is 0 Å². The number of rotatable bonds is 6. The summed E-state index contributed by atoms with van der Waals surface area (Å²) in [5, 5.41) is 2.88. The minimum atomic E-state index is -3.86. The molecule has 3 rings (SSSR count). The molecule has 0 saturated heterocycles. The summed E-state index contributed by atoms with van der Waals surface area (Å²) in [5.74, 6) is -1.18. The van der Waals surface area contributed by atoms with Gasteiger partial charge in [0, 0.05) is 0 Å². The van der Waals surface area contributed by atoms with Crippen LogP contribution in [0.1, 0.15) is 49.4 Å². The van der Waals surface area contributed by atoms with Crippen LogP contribution in [0.3, 0.4) is 0 Å². The van der Waals surface area contributed by atoms with Gasteiger partial charge in [0.05, 0.1) is 18.0 Å².